The summed E-state index contributed by atoms with van der Waals surface area (Å²) in [5.74, 6) is 0.411. The topological polar surface area (TPSA) is 53.7 Å². The van der Waals surface area contributed by atoms with Gasteiger partial charge in [-0.05, 0) is 13.0 Å². The third-order valence-electron chi connectivity index (χ3n) is 3.29. The Labute approximate surface area is 137 Å². The second kappa shape index (κ2) is 7.23. The van der Waals surface area contributed by atoms with Gasteiger partial charge in [0.1, 0.15) is 5.82 Å². The summed E-state index contributed by atoms with van der Waals surface area (Å²) in [7, 11) is 0. The maximum Gasteiger partial charge on any atom is 0.193 e. The highest BCUT2D eigenvalue weighted by Gasteiger charge is 2.05. The maximum atomic E-state index is 13.6. The monoisotopic (exact) mass is 331 g/mol. The average molecular weight is 331 g/mol. The molecule has 120 valence electrons. The van der Waals surface area contributed by atoms with Crippen molar-refractivity contribution in [3.63, 3.8) is 0 Å². The van der Waals surface area contributed by atoms with Crippen LogP contribution in [0.4, 0.5) is 4.39 Å². The van der Waals surface area contributed by atoms with Crippen LogP contribution >= 0.6 is 11.3 Å². The van der Waals surface area contributed by atoms with Crippen LogP contribution < -0.4 is 10.6 Å². The third-order valence-corrected chi connectivity index (χ3v) is 4.06. The molecule has 0 saturated carbocycles. The molecule has 7 heteroatoms. The van der Waals surface area contributed by atoms with Crippen molar-refractivity contribution >= 4 is 22.3 Å². The molecule has 0 spiro atoms. The Morgan fingerprint density at radius 1 is 1.35 bits per heavy atom. The molecule has 0 aliphatic rings. The highest BCUT2D eigenvalue weighted by Crippen LogP contribution is 2.11. The molecule has 3 aromatic rings. The number of nitrogens with one attached hydrogen (secondary N) is 2. The van der Waals surface area contributed by atoms with E-state index in [4.69, 9.17) is 0 Å². The van der Waals surface area contributed by atoms with Crippen molar-refractivity contribution in [2.75, 3.05) is 6.54 Å². The number of fused-ring (bicyclic) bond motifs is 1. The van der Waals surface area contributed by atoms with E-state index in [9.17, 15) is 4.39 Å². The van der Waals surface area contributed by atoms with Crippen molar-refractivity contribution in [3.05, 3.63) is 59.1 Å². The normalized spacial score (nSPS) is 11.8. The highest BCUT2D eigenvalue weighted by molar-refractivity contribution is 7.15. The van der Waals surface area contributed by atoms with Gasteiger partial charge in [0.25, 0.3) is 0 Å². The van der Waals surface area contributed by atoms with Crippen LogP contribution in [-0.4, -0.2) is 21.9 Å². The van der Waals surface area contributed by atoms with E-state index >= 15 is 0 Å². The number of halogens is 1. The summed E-state index contributed by atoms with van der Waals surface area (Å²) in [6.45, 7) is 3.59. The Balaban J connectivity index is 1.64. The highest BCUT2D eigenvalue weighted by atomic mass is 32.1. The lowest BCUT2D eigenvalue weighted by Gasteiger charge is -2.10. The Kier molecular flexibility index (Phi) is 4.87. The second-order valence-corrected chi connectivity index (χ2v) is 5.84. The van der Waals surface area contributed by atoms with Gasteiger partial charge < -0.3 is 10.6 Å². The van der Waals surface area contributed by atoms with Gasteiger partial charge in [0.05, 0.1) is 18.8 Å². The summed E-state index contributed by atoms with van der Waals surface area (Å²) in [6.07, 6.45) is 3.97. The molecule has 2 heterocycles. The molecule has 0 atom stereocenters. The van der Waals surface area contributed by atoms with Gasteiger partial charge in [-0.3, -0.25) is 4.40 Å². The van der Waals surface area contributed by atoms with E-state index in [2.05, 4.69) is 20.6 Å². The second-order valence-electron chi connectivity index (χ2n) is 4.97. The predicted octanol–water partition coefficient (Wildman–Crippen LogP) is 2.79. The number of benzene rings is 1. The number of aromatic nitrogens is 2. The Morgan fingerprint density at radius 3 is 3.00 bits per heavy atom. The Bertz CT molecular complexity index is 779. The molecular weight excluding hydrogens is 313 g/mol. The summed E-state index contributed by atoms with van der Waals surface area (Å²) in [5, 5.41) is 8.38. The molecule has 0 aliphatic heterocycles. The zero-order valence-electron chi connectivity index (χ0n) is 12.8. The van der Waals surface area contributed by atoms with E-state index in [1.807, 2.05) is 35.2 Å². The van der Waals surface area contributed by atoms with Crippen LogP contribution in [0.2, 0.25) is 0 Å². The minimum atomic E-state index is -0.235. The summed E-state index contributed by atoms with van der Waals surface area (Å²) >= 11 is 1.60. The maximum absolute atomic E-state index is 13.6. The lowest BCUT2D eigenvalue weighted by atomic mass is 10.2. The van der Waals surface area contributed by atoms with E-state index in [0.717, 1.165) is 17.2 Å². The Hall–Kier alpha value is -2.41. The SMILES string of the molecule is CCNC(=NCc1ccccc1F)NCc1cn2ccsc2n1. The number of thiazole rings is 1. The minimum Gasteiger partial charge on any atom is -0.357 e. The summed E-state index contributed by atoms with van der Waals surface area (Å²) in [6, 6.07) is 6.68. The molecule has 1 aromatic carbocycles. The molecular formula is C16H18FN5S. The molecule has 0 saturated heterocycles. The zero-order chi connectivity index (χ0) is 16.1. The van der Waals surface area contributed by atoms with Crippen molar-refractivity contribution in [1.29, 1.82) is 0 Å². The number of hydrogen-bond donors (Lipinski definition) is 2. The lowest BCUT2D eigenvalue weighted by molar-refractivity contribution is 0.610. The zero-order valence-corrected chi connectivity index (χ0v) is 13.6. The van der Waals surface area contributed by atoms with E-state index in [1.165, 1.54) is 6.07 Å². The average Bonchev–Trinajstić information content (AvgIpc) is 3.12. The van der Waals surface area contributed by atoms with Gasteiger partial charge in [-0.1, -0.05) is 18.2 Å². The molecule has 3 rings (SSSR count). The van der Waals surface area contributed by atoms with Gasteiger partial charge in [-0.2, -0.15) is 0 Å². The summed E-state index contributed by atoms with van der Waals surface area (Å²) in [5.41, 5.74) is 1.51. The summed E-state index contributed by atoms with van der Waals surface area (Å²) < 4.78 is 15.6. The van der Waals surface area contributed by atoms with Crippen LogP contribution in [0.1, 0.15) is 18.2 Å². The van der Waals surface area contributed by atoms with E-state index in [1.54, 1.807) is 23.5 Å². The number of rotatable bonds is 5. The van der Waals surface area contributed by atoms with Crippen LogP contribution in [0.25, 0.3) is 4.96 Å². The van der Waals surface area contributed by atoms with Gasteiger partial charge in [0.15, 0.2) is 10.9 Å². The number of nitrogens with zero attached hydrogens (tertiary/aromatic N) is 3. The quantitative estimate of drug-likeness (QED) is 0.558. The fourth-order valence-electron chi connectivity index (χ4n) is 2.17. The predicted molar refractivity (Wildman–Crippen MR) is 91.1 cm³/mol. The van der Waals surface area contributed by atoms with Gasteiger partial charge in [0.2, 0.25) is 0 Å². The van der Waals surface area contributed by atoms with Crippen molar-refractivity contribution in [3.8, 4) is 0 Å². The first-order chi connectivity index (χ1) is 11.3. The molecule has 2 aromatic heterocycles. The van der Waals surface area contributed by atoms with Crippen LogP contribution in [0, 0.1) is 5.82 Å². The van der Waals surface area contributed by atoms with E-state index < -0.39 is 0 Å². The van der Waals surface area contributed by atoms with Crippen molar-refractivity contribution < 1.29 is 4.39 Å². The van der Waals surface area contributed by atoms with Crippen molar-refractivity contribution in [2.45, 2.75) is 20.0 Å². The van der Waals surface area contributed by atoms with Gasteiger partial charge in [-0.15, -0.1) is 11.3 Å². The number of guanidine groups is 1. The molecule has 0 bridgehead atoms. The van der Waals surface area contributed by atoms with E-state index in [-0.39, 0.29) is 5.82 Å². The van der Waals surface area contributed by atoms with Gasteiger partial charge >= 0.3 is 0 Å². The number of hydrogen-bond acceptors (Lipinski definition) is 3. The van der Waals surface area contributed by atoms with Crippen LogP contribution in [-0.2, 0) is 13.1 Å². The molecule has 0 aliphatic carbocycles. The first-order valence-electron chi connectivity index (χ1n) is 7.43. The van der Waals surface area contributed by atoms with E-state index in [0.29, 0.717) is 24.6 Å². The van der Waals surface area contributed by atoms with Crippen molar-refractivity contribution in [1.82, 2.24) is 20.0 Å². The number of imidazole rings is 1. The Morgan fingerprint density at radius 2 is 2.22 bits per heavy atom. The fraction of sp³-hybridized carbons (Fsp3) is 0.250. The van der Waals surface area contributed by atoms with Crippen molar-refractivity contribution in [2.24, 2.45) is 4.99 Å². The molecule has 0 unspecified atom stereocenters. The largest absolute Gasteiger partial charge is 0.357 e. The summed E-state index contributed by atoms with van der Waals surface area (Å²) in [4.78, 5) is 9.90. The molecule has 23 heavy (non-hydrogen) atoms. The first-order valence-corrected chi connectivity index (χ1v) is 8.31. The van der Waals surface area contributed by atoms with Crippen LogP contribution in [0.15, 0.2) is 47.0 Å². The van der Waals surface area contributed by atoms with Gasteiger partial charge in [0, 0.05) is 29.9 Å². The standard InChI is InChI=1S/C16H18FN5S/c1-2-18-15(19-9-12-5-3-4-6-14(12)17)20-10-13-11-22-7-8-23-16(22)21-13/h3-8,11H,2,9-10H2,1H3,(H2,18,19,20). The molecule has 2 N–H and O–H groups in total. The van der Waals surface area contributed by atoms with Gasteiger partial charge in [-0.25, -0.2) is 14.4 Å². The fourth-order valence-corrected chi connectivity index (χ4v) is 2.89. The first kappa shape index (κ1) is 15.5. The van der Waals surface area contributed by atoms with Crippen LogP contribution in [0.5, 0.6) is 0 Å². The lowest BCUT2D eigenvalue weighted by Crippen LogP contribution is -2.36. The molecule has 0 radical (unpaired) electrons. The smallest absolute Gasteiger partial charge is 0.193 e. The van der Waals surface area contributed by atoms with Crippen LogP contribution in [0.3, 0.4) is 0 Å². The number of aliphatic imine (C=N–C) groups is 1. The minimum absolute atomic E-state index is 0.235. The molecule has 0 amide bonds. The molecule has 5 nitrogen and oxygen atoms in total. The third kappa shape index (κ3) is 3.87. The molecule has 0 fully saturated rings.